The minimum atomic E-state index is 0.562. The fraction of sp³-hybridized carbons (Fsp3) is 0.412. The van der Waals surface area contributed by atoms with Crippen molar-refractivity contribution in [3.63, 3.8) is 0 Å². The van der Waals surface area contributed by atoms with Crippen molar-refractivity contribution in [2.24, 2.45) is 5.73 Å². The zero-order chi connectivity index (χ0) is 14.5. The lowest BCUT2D eigenvalue weighted by molar-refractivity contribution is 0.402. The van der Waals surface area contributed by atoms with E-state index in [1.54, 1.807) is 0 Å². The van der Waals surface area contributed by atoms with E-state index in [1.165, 1.54) is 20.9 Å². The third kappa shape index (κ3) is 3.92. The highest BCUT2D eigenvalue weighted by atomic mass is 32.1. The van der Waals surface area contributed by atoms with Crippen LogP contribution in [0.15, 0.2) is 36.4 Å². The average molecular weight is 288 g/mol. The molecule has 0 fully saturated rings. The molecule has 0 aliphatic heterocycles. The summed E-state index contributed by atoms with van der Waals surface area (Å²) in [6.07, 6.45) is 1.06. The molecule has 0 aliphatic carbocycles. The highest BCUT2D eigenvalue weighted by Crippen LogP contribution is 2.33. The Hall–Kier alpha value is -1.16. The molecule has 0 spiro atoms. The minimum absolute atomic E-state index is 0.562. The van der Waals surface area contributed by atoms with Crippen LogP contribution in [0.3, 0.4) is 0 Å². The summed E-state index contributed by atoms with van der Waals surface area (Å²) >= 11 is 1.89. The highest BCUT2D eigenvalue weighted by molar-refractivity contribution is 7.15. The Morgan fingerprint density at radius 3 is 2.40 bits per heavy atom. The maximum Gasteiger partial charge on any atom is 0.0345 e. The largest absolute Gasteiger partial charge is 0.330 e. The van der Waals surface area contributed by atoms with Crippen molar-refractivity contribution in [3.05, 3.63) is 46.8 Å². The van der Waals surface area contributed by atoms with Crippen LogP contribution >= 0.6 is 11.3 Å². The Kier molecular flexibility index (Phi) is 5.35. The van der Waals surface area contributed by atoms with Crippen LogP contribution in [0.4, 0.5) is 0 Å². The summed E-state index contributed by atoms with van der Waals surface area (Å²) in [7, 11) is 4.19. The van der Waals surface area contributed by atoms with E-state index in [1.807, 2.05) is 11.3 Å². The number of rotatable bonds is 6. The first-order valence-electron chi connectivity index (χ1n) is 7.14. The summed E-state index contributed by atoms with van der Waals surface area (Å²) in [6, 6.07) is 13.4. The van der Waals surface area contributed by atoms with E-state index in [4.69, 9.17) is 5.73 Å². The number of nitrogens with two attached hydrogens (primary N) is 1. The Bertz CT molecular complexity index is 528. The van der Waals surface area contributed by atoms with Gasteiger partial charge in [0.15, 0.2) is 0 Å². The second-order valence-electron chi connectivity index (χ2n) is 5.62. The van der Waals surface area contributed by atoms with Crippen molar-refractivity contribution >= 4 is 11.3 Å². The number of hydrogen-bond donors (Lipinski definition) is 1. The van der Waals surface area contributed by atoms with Crippen molar-refractivity contribution in [1.82, 2.24) is 4.90 Å². The van der Waals surface area contributed by atoms with Crippen LogP contribution in [-0.4, -0.2) is 25.5 Å². The lowest BCUT2D eigenvalue weighted by Crippen LogP contribution is -2.10. The third-order valence-corrected chi connectivity index (χ3v) is 4.82. The molecule has 0 saturated heterocycles. The van der Waals surface area contributed by atoms with Gasteiger partial charge in [-0.1, -0.05) is 31.2 Å². The van der Waals surface area contributed by atoms with E-state index >= 15 is 0 Å². The molecule has 1 unspecified atom stereocenters. The molecule has 1 atom stereocenters. The average Bonchev–Trinajstić information content (AvgIpc) is 2.89. The molecule has 2 aromatic rings. The van der Waals surface area contributed by atoms with Gasteiger partial charge in [0.1, 0.15) is 0 Å². The predicted molar refractivity (Wildman–Crippen MR) is 89.2 cm³/mol. The van der Waals surface area contributed by atoms with Crippen LogP contribution in [-0.2, 0) is 6.54 Å². The molecule has 0 saturated carbocycles. The van der Waals surface area contributed by atoms with Gasteiger partial charge in [-0.25, -0.2) is 0 Å². The number of benzene rings is 1. The molecule has 3 heteroatoms. The van der Waals surface area contributed by atoms with Gasteiger partial charge in [0, 0.05) is 16.3 Å². The minimum Gasteiger partial charge on any atom is -0.330 e. The molecule has 0 amide bonds. The number of nitrogens with zero attached hydrogens (tertiary/aromatic N) is 1. The van der Waals surface area contributed by atoms with Gasteiger partial charge < -0.3 is 10.6 Å². The van der Waals surface area contributed by atoms with Crippen molar-refractivity contribution in [2.75, 3.05) is 20.6 Å². The van der Waals surface area contributed by atoms with Gasteiger partial charge in [-0.3, -0.25) is 0 Å². The summed E-state index contributed by atoms with van der Waals surface area (Å²) in [5.74, 6) is 0.562. The van der Waals surface area contributed by atoms with Gasteiger partial charge >= 0.3 is 0 Å². The van der Waals surface area contributed by atoms with Gasteiger partial charge in [0.25, 0.3) is 0 Å². The number of thiophene rings is 1. The van der Waals surface area contributed by atoms with E-state index in [-0.39, 0.29) is 0 Å². The van der Waals surface area contributed by atoms with Gasteiger partial charge in [0.2, 0.25) is 0 Å². The van der Waals surface area contributed by atoms with Crippen molar-refractivity contribution < 1.29 is 0 Å². The molecule has 1 aromatic carbocycles. The zero-order valence-corrected chi connectivity index (χ0v) is 13.4. The van der Waals surface area contributed by atoms with E-state index in [0.29, 0.717) is 5.92 Å². The smallest absolute Gasteiger partial charge is 0.0345 e. The topological polar surface area (TPSA) is 29.3 Å². The molecule has 1 aromatic heterocycles. The normalized spacial score (nSPS) is 12.8. The van der Waals surface area contributed by atoms with Crippen LogP contribution in [0.5, 0.6) is 0 Å². The molecule has 108 valence electrons. The molecule has 20 heavy (non-hydrogen) atoms. The van der Waals surface area contributed by atoms with Crippen LogP contribution in [0.2, 0.25) is 0 Å². The van der Waals surface area contributed by atoms with Crippen LogP contribution in [0, 0.1) is 0 Å². The van der Waals surface area contributed by atoms with Crippen LogP contribution in [0.25, 0.3) is 10.4 Å². The lowest BCUT2D eigenvalue weighted by atomic mass is 10.1. The Balaban J connectivity index is 2.11. The molecule has 0 radical (unpaired) electrons. The third-order valence-electron chi connectivity index (χ3n) is 3.45. The fourth-order valence-electron chi connectivity index (χ4n) is 2.30. The van der Waals surface area contributed by atoms with Crippen LogP contribution in [0.1, 0.15) is 29.7 Å². The molecule has 2 N–H and O–H groups in total. The SMILES string of the molecule is CC(CCN)c1ccc(-c2ccc(CN(C)C)cc2)s1. The van der Waals surface area contributed by atoms with Gasteiger partial charge in [-0.15, -0.1) is 11.3 Å². The van der Waals surface area contributed by atoms with E-state index in [9.17, 15) is 0 Å². The summed E-state index contributed by atoms with van der Waals surface area (Å²) in [6.45, 7) is 4.00. The summed E-state index contributed by atoms with van der Waals surface area (Å²) in [4.78, 5) is 4.97. The maximum absolute atomic E-state index is 5.64. The molecule has 0 bridgehead atoms. The first-order chi connectivity index (χ1) is 9.60. The zero-order valence-electron chi connectivity index (χ0n) is 12.6. The van der Waals surface area contributed by atoms with Gasteiger partial charge in [0.05, 0.1) is 0 Å². The van der Waals surface area contributed by atoms with Crippen LogP contribution < -0.4 is 5.73 Å². The molecule has 0 aliphatic rings. The molecular formula is C17H24N2S. The second kappa shape index (κ2) is 7.02. The van der Waals surface area contributed by atoms with Crippen molar-refractivity contribution in [3.8, 4) is 10.4 Å². The molecule has 2 nitrogen and oxygen atoms in total. The summed E-state index contributed by atoms with van der Waals surface area (Å²) in [5.41, 5.74) is 8.30. The molecular weight excluding hydrogens is 264 g/mol. The van der Waals surface area contributed by atoms with E-state index < -0.39 is 0 Å². The Morgan fingerprint density at radius 2 is 1.80 bits per heavy atom. The van der Waals surface area contributed by atoms with Crippen molar-refractivity contribution in [2.45, 2.75) is 25.8 Å². The first-order valence-corrected chi connectivity index (χ1v) is 7.95. The maximum atomic E-state index is 5.64. The van der Waals surface area contributed by atoms with E-state index in [2.05, 4.69) is 62.3 Å². The number of hydrogen-bond acceptors (Lipinski definition) is 3. The van der Waals surface area contributed by atoms with Gasteiger partial charge in [-0.05, 0) is 56.2 Å². The van der Waals surface area contributed by atoms with E-state index in [0.717, 1.165) is 19.5 Å². The molecule has 2 rings (SSSR count). The highest BCUT2D eigenvalue weighted by Gasteiger charge is 2.09. The Morgan fingerprint density at radius 1 is 1.10 bits per heavy atom. The Labute approximate surface area is 126 Å². The summed E-state index contributed by atoms with van der Waals surface area (Å²) < 4.78 is 0. The monoisotopic (exact) mass is 288 g/mol. The van der Waals surface area contributed by atoms with Gasteiger partial charge in [-0.2, -0.15) is 0 Å². The fourth-order valence-corrected chi connectivity index (χ4v) is 3.40. The first kappa shape index (κ1) is 15.2. The van der Waals surface area contributed by atoms with Crippen molar-refractivity contribution in [1.29, 1.82) is 0 Å². The summed E-state index contributed by atoms with van der Waals surface area (Å²) in [5, 5.41) is 0. The molecule has 1 heterocycles. The second-order valence-corrected chi connectivity index (χ2v) is 6.73. The lowest BCUT2D eigenvalue weighted by Gasteiger charge is -2.09. The predicted octanol–water partition coefficient (Wildman–Crippen LogP) is 3.93. The quantitative estimate of drug-likeness (QED) is 0.872. The standard InChI is InChI=1S/C17H24N2S/c1-13(10-11-18)16-8-9-17(20-16)15-6-4-14(5-7-15)12-19(2)3/h4-9,13H,10-12,18H2,1-3H3.